The molecule has 5 heteroatoms. The van der Waals surface area contributed by atoms with E-state index in [1.54, 1.807) is 0 Å². The van der Waals surface area contributed by atoms with Crippen LogP contribution in [0.25, 0.3) is 0 Å². The van der Waals surface area contributed by atoms with Gasteiger partial charge in [-0.05, 0) is 31.6 Å². The molecular formula is C13H25N3O2. The van der Waals surface area contributed by atoms with Crippen molar-refractivity contribution in [1.82, 2.24) is 5.32 Å². The highest BCUT2D eigenvalue weighted by Gasteiger charge is 2.41. The van der Waals surface area contributed by atoms with Gasteiger partial charge in [0.2, 0.25) is 5.91 Å². The first-order valence-corrected chi connectivity index (χ1v) is 6.80. The summed E-state index contributed by atoms with van der Waals surface area (Å²) in [7, 11) is 0. The van der Waals surface area contributed by atoms with Crippen molar-refractivity contribution in [2.45, 2.75) is 58.9 Å². The summed E-state index contributed by atoms with van der Waals surface area (Å²) in [5.41, 5.74) is 4.84. The third-order valence-electron chi connectivity index (χ3n) is 4.42. The van der Waals surface area contributed by atoms with Gasteiger partial charge in [-0.15, -0.1) is 0 Å². The number of nitrogens with zero attached hydrogens (tertiary/aromatic N) is 1. The molecule has 1 aliphatic rings. The van der Waals surface area contributed by atoms with Crippen molar-refractivity contribution in [2.75, 3.05) is 0 Å². The third kappa shape index (κ3) is 2.60. The van der Waals surface area contributed by atoms with Crippen molar-refractivity contribution in [2.24, 2.45) is 22.2 Å². The molecule has 0 bridgehead atoms. The first kappa shape index (κ1) is 14.8. The van der Waals surface area contributed by atoms with Gasteiger partial charge in [-0.2, -0.15) is 0 Å². The van der Waals surface area contributed by atoms with Crippen molar-refractivity contribution in [3.8, 4) is 0 Å². The van der Waals surface area contributed by atoms with E-state index in [4.69, 9.17) is 10.9 Å². The maximum atomic E-state index is 12.4. The van der Waals surface area contributed by atoms with Crippen LogP contribution in [0.5, 0.6) is 0 Å². The number of hydrogen-bond donors (Lipinski definition) is 3. The van der Waals surface area contributed by atoms with E-state index in [0.29, 0.717) is 18.8 Å². The fourth-order valence-corrected chi connectivity index (χ4v) is 2.81. The molecule has 0 aromatic rings. The smallest absolute Gasteiger partial charge is 0.234 e. The minimum Gasteiger partial charge on any atom is -0.409 e. The van der Waals surface area contributed by atoms with Crippen molar-refractivity contribution in [3.05, 3.63) is 0 Å². The highest BCUT2D eigenvalue weighted by atomic mass is 16.4. The maximum absolute atomic E-state index is 12.4. The Bertz CT molecular complexity index is 324. The summed E-state index contributed by atoms with van der Waals surface area (Å²) in [6, 6.07) is 0.224. The molecule has 0 heterocycles. The third-order valence-corrected chi connectivity index (χ3v) is 4.42. The van der Waals surface area contributed by atoms with E-state index in [0.717, 1.165) is 19.3 Å². The predicted molar refractivity (Wildman–Crippen MR) is 71.4 cm³/mol. The number of carbonyl (C=O) groups excluding carboxylic acids is 1. The normalized spacial score (nSPS) is 25.2. The highest BCUT2D eigenvalue weighted by molar-refractivity contribution is 6.06. The molecule has 1 saturated carbocycles. The van der Waals surface area contributed by atoms with Gasteiger partial charge in [0.25, 0.3) is 0 Å². The Kier molecular flexibility index (Phi) is 4.99. The summed E-state index contributed by atoms with van der Waals surface area (Å²) < 4.78 is 0. The molecule has 104 valence electrons. The summed E-state index contributed by atoms with van der Waals surface area (Å²) >= 11 is 0. The lowest BCUT2D eigenvalue weighted by Gasteiger charge is -2.31. The number of carbonyl (C=O) groups is 1. The van der Waals surface area contributed by atoms with Crippen LogP contribution in [0.15, 0.2) is 5.16 Å². The summed E-state index contributed by atoms with van der Waals surface area (Å²) in [5, 5.41) is 15.0. The number of oxime groups is 1. The van der Waals surface area contributed by atoms with Crippen LogP contribution in [0.2, 0.25) is 0 Å². The lowest BCUT2D eigenvalue weighted by Crippen LogP contribution is -2.52. The van der Waals surface area contributed by atoms with E-state index >= 15 is 0 Å². The molecule has 0 aromatic carbocycles. The Morgan fingerprint density at radius 3 is 2.44 bits per heavy atom. The van der Waals surface area contributed by atoms with Gasteiger partial charge in [0.15, 0.2) is 5.84 Å². The van der Waals surface area contributed by atoms with Crippen LogP contribution in [0, 0.1) is 11.3 Å². The molecule has 1 amide bonds. The molecule has 0 spiro atoms. The molecule has 1 fully saturated rings. The standard InChI is InChI=1S/C13H25N3O2/c1-4-13(5-2,11(14)16-18)12(17)15-10-8-6-7-9(10)3/h9-10,18H,4-8H2,1-3H3,(H2,14,16)(H,15,17). The molecule has 0 aromatic heterocycles. The fourth-order valence-electron chi connectivity index (χ4n) is 2.81. The topological polar surface area (TPSA) is 87.7 Å². The van der Waals surface area contributed by atoms with Crippen LogP contribution in [0.1, 0.15) is 52.9 Å². The van der Waals surface area contributed by atoms with Gasteiger partial charge in [-0.3, -0.25) is 4.79 Å². The summed E-state index contributed by atoms with van der Waals surface area (Å²) in [6.45, 7) is 5.93. The molecule has 1 rings (SSSR count). The van der Waals surface area contributed by atoms with Gasteiger partial charge >= 0.3 is 0 Å². The molecule has 0 aliphatic heterocycles. The quantitative estimate of drug-likeness (QED) is 0.303. The molecular weight excluding hydrogens is 230 g/mol. The molecule has 18 heavy (non-hydrogen) atoms. The van der Waals surface area contributed by atoms with E-state index in [1.165, 1.54) is 0 Å². The summed E-state index contributed by atoms with van der Waals surface area (Å²) in [4.78, 5) is 12.4. The monoisotopic (exact) mass is 255 g/mol. The van der Waals surface area contributed by atoms with Crippen molar-refractivity contribution in [1.29, 1.82) is 0 Å². The van der Waals surface area contributed by atoms with Crippen LogP contribution in [-0.2, 0) is 4.79 Å². The molecule has 4 N–H and O–H groups in total. The van der Waals surface area contributed by atoms with Gasteiger partial charge in [0, 0.05) is 6.04 Å². The minimum atomic E-state index is -0.878. The van der Waals surface area contributed by atoms with Crippen LogP contribution < -0.4 is 11.1 Å². The van der Waals surface area contributed by atoms with Gasteiger partial charge in [0.05, 0.1) is 0 Å². The molecule has 5 nitrogen and oxygen atoms in total. The highest BCUT2D eigenvalue weighted by Crippen LogP contribution is 2.30. The second-order valence-corrected chi connectivity index (χ2v) is 5.26. The zero-order chi connectivity index (χ0) is 13.8. The second kappa shape index (κ2) is 6.07. The first-order chi connectivity index (χ1) is 8.51. The van der Waals surface area contributed by atoms with Gasteiger partial charge in [-0.25, -0.2) is 0 Å². The zero-order valence-electron chi connectivity index (χ0n) is 11.6. The number of nitrogens with one attached hydrogen (secondary N) is 1. The molecule has 2 atom stereocenters. The SMILES string of the molecule is CCC(CC)(C(=O)NC1CCCC1C)C(N)=NO. The van der Waals surface area contributed by atoms with Crippen LogP contribution in [0.3, 0.4) is 0 Å². The zero-order valence-corrected chi connectivity index (χ0v) is 11.6. The van der Waals surface area contributed by atoms with Crippen molar-refractivity contribution < 1.29 is 10.0 Å². The Hall–Kier alpha value is -1.26. The summed E-state index contributed by atoms with van der Waals surface area (Å²) in [6.07, 6.45) is 4.39. The average Bonchev–Trinajstić information content (AvgIpc) is 2.77. The maximum Gasteiger partial charge on any atom is 0.234 e. The number of amides is 1. The van der Waals surface area contributed by atoms with E-state index in [2.05, 4.69) is 17.4 Å². The molecule has 2 unspecified atom stereocenters. The largest absolute Gasteiger partial charge is 0.409 e. The van der Waals surface area contributed by atoms with E-state index in [9.17, 15) is 4.79 Å². The number of rotatable bonds is 5. The van der Waals surface area contributed by atoms with Crippen molar-refractivity contribution >= 4 is 11.7 Å². The van der Waals surface area contributed by atoms with Gasteiger partial charge in [0.1, 0.15) is 5.41 Å². The van der Waals surface area contributed by atoms with Crippen molar-refractivity contribution in [3.63, 3.8) is 0 Å². The number of nitrogens with two attached hydrogens (primary N) is 1. The van der Waals surface area contributed by atoms with Crippen LogP contribution in [0.4, 0.5) is 0 Å². The predicted octanol–water partition coefficient (Wildman–Crippen LogP) is 1.84. The lowest BCUT2D eigenvalue weighted by molar-refractivity contribution is -0.129. The van der Waals surface area contributed by atoms with Crippen LogP contribution >= 0.6 is 0 Å². The minimum absolute atomic E-state index is 0.00986. The number of hydrogen-bond acceptors (Lipinski definition) is 3. The molecule has 0 radical (unpaired) electrons. The molecule has 1 aliphatic carbocycles. The van der Waals surface area contributed by atoms with Gasteiger partial charge in [-0.1, -0.05) is 32.3 Å². The summed E-state index contributed by atoms with van der Waals surface area (Å²) in [5.74, 6) is 0.407. The first-order valence-electron chi connectivity index (χ1n) is 6.80. The lowest BCUT2D eigenvalue weighted by atomic mass is 9.79. The Morgan fingerprint density at radius 2 is 2.06 bits per heavy atom. The fraction of sp³-hybridized carbons (Fsp3) is 0.846. The second-order valence-electron chi connectivity index (χ2n) is 5.26. The Balaban J connectivity index is 2.83. The van der Waals surface area contributed by atoms with E-state index in [-0.39, 0.29) is 17.8 Å². The van der Waals surface area contributed by atoms with E-state index < -0.39 is 5.41 Å². The van der Waals surface area contributed by atoms with Gasteiger partial charge < -0.3 is 16.3 Å². The molecule has 0 saturated heterocycles. The average molecular weight is 255 g/mol. The Morgan fingerprint density at radius 1 is 1.44 bits per heavy atom. The number of amidine groups is 1. The van der Waals surface area contributed by atoms with Crippen LogP contribution in [-0.4, -0.2) is 23.0 Å². The van der Waals surface area contributed by atoms with E-state index in [1.807, 2.05) is 13.8 Å². The Labute approximate surface area is 109 Å².